The van der Waals surface area contributed by atoms with Crippen LogP contribution in [0.4, 0.5) is 11.5 Å². The first-order chi connectivity index (χ1) is 7.93. The molecule has 0 aliphatic rings. The van der Waals surface area contributed by atoms with Gasteiger partial charge in [-0.1, -0.05) is 25.6 Å². The molecule has 1 aromatic carbocycles. The lowest BCUT2D eigenvalue weighted by atomic mass is 10.3. The normalized spacial score (nSPS) is 9.88. The number of aromatic nitrogens is 3. The van der Waals surface area contributed by atoms with Gasteiger partial charge in [-0.2, -0.15) is 0 Å². The fraction of sp³-hybridized carbons (Fsp3) is 0.0769. The standard InChI is InChI=1S/C12H10N4.CH4/c1-2-4-10(5-3-1)15-11-12-14-7-9-16(12)8-6-13-11;/h1-9H,(H,13,15);1H4. The summed E-state index contributed by atoms with van der Waals surface area (Å²) >= 11 is 0. The molecule has 86 valence electrons. The second kappa shape index (κ2) is 4.65. The molecule has 17 heavy (non-hydrogen) atoms. The van der Waals surface area contributed by atoms with Gasteiger partial charge in [0, 0.05) is 30.5 Å². The van der Waals surface area contributed by atoms with E-state index < -0.39 is 0 Å². The number of nitrogens with zero attached hydrogens (tertiary/aromatic N) is 3. The SMILES string of the molecule is C.c1ccc(Nc2nccn3ccnc23)cc1. The second-order valence-corrected chi connectivity index (χ2v) is 3.42. The fourth-order valence-corrected chi connectivity index (χ4v) is 1.60. The molecule has 2 heterocycles. The van der Waals surface area contributed by atoms with Gasteiger partial charge < -0.3 is 9.72 Å². The van der Waals surface area contributed by atoms with Gasteiger partial charge in [-0.05, 0) is 12.1 Å². The van der Waals surface area contributed by atoms with Crippen molar-refractivity contribution >= 4 is 17.2 Å². The topological polar surface area (TPSA) is 42.2 Å². The predicted octanol–water partition coefficient (Wildman–Crippen LogP) is 3.11. The molecule has 0 saturated carbocycles. The molecule has 0 saturated heterocycles. The number of nitrogens with one attached hydrogen (secondary N) is 1. The minimum atomic E-state index is 0. The van der Waals surface area contributed by atoms with Crippen LogP contribution in [0.25, 0.3) is 5.65 Å². The van der Waals surface area contributed by atoms with Crippen LogP contribution < -0.4 is 5.32 Å². The molecule has 0 radical (unpaired) electrons. The van der Waals surface area contributed by atoms with Crippen LogP contribution in [-0.2, 0) is 0 Å². The van der Waals surface area contributed by atoms with Crippen LogP contribution in [-0.4, -0.2) is 14.4 Å². The Hall–Kier alpha value is -2.36. The van der Waals surface area contributed by atoms with Crippen LogP contribution in [0.1, 0.15) is 7.43 Å². The van der Waals surface area contributed by atoms with E-state index in [9.17, 15) is 0 Å². The number of hydrogen-bond acceptors (Lipinski definition) is 3. The molecular weight excluding hydrogens is 212 g/mol. The Kier molecular flexibility index (Phi) is 3.05. The molecule has 2 aromatic heterocycles. The monoisotopic (exact) mass is 226 g/mol. The third-order valence-corrected chi connectivity index (χ3v) is 2.35. The van der Waals surface area contributed by atoms with Gasteiger partial charge in [0.1, 0.15) is 0 Å². The highest BCUT2D eigenvalue weighted by atomic mass is 15.1. The maximum absolute atomic E-state index is 4.28. The predicted molar refractivity (Wildman–Crippen MR) is 69.4 cm³/mol. The maximum Gasteiger partial charge on any atom is 0.180 e. The quantitative estimate of drug-likeness (QED) is 0.730. The highest BCUT2D eigenvalue weighted by Gasteiger charge is 2.02. The van der Waals surface area contributed by atoms with E-state index >= 15 is 0 Å². The summed E-state index contributed by atoms with van der Waals surface area (Å²) in [4.78, 5) is 8.53. The van der Waals surface area contributed by atoms with Gasteiger partial charge in [-0.25, -0.2) is 9.97 Å². The average Bonchev–Trinajstić information content (AvgIpc) is 2.80. The minimum Gasteiger partial charge on any atom is -0.337 e. The third-order valence-electron chi connectivity index (χ3n) is 2.35. The van der Waals surface area contributed by atoms with E-state index in [0.29, 0.717) is 0 Å². The summed E-state index contributed by atoms with van der Waals surface area (Å²) in [5.41, 5.74) is 1.83. The summed E-state index contributed by atoms with van der Waals surface area (Å²) in [6.07, 6.45) is 7.28. The first-order valence-electron chi connectivity index (χ1n) is 5.03. The van der Waals surface area contributed by atoms with Gasteiger partial charge in [0.25, 0.3) is 0 Å². The number of benzene rings is 1. The van der Waals surface area contributed by atoms with E-state index in [1.807, 2.05) is 47.1 Å². The Balaban J connectivity index is 0.00000108. The first kappa shape index (κ1) is 11.1. The van der Waals surface area contributed by atoms with Gasteiger partial charge in [-0.3, -0.25) is 0 Å². The molecule has 0 atom stereocenters. The molecule has 3 rings (SSSR count). The molecule has 1 N–H and O–H groups in total. The molecule has 0 spiro atoms. The van der Waals surface area contributed by atoms with Crippen LogP contribution in [0.15, 0.2) is 55.1 Å². The largest absolute Gasteiger partial charge is 0.337 e. The van der Waals surface area contributed by atoms with Crippen molar-refractivity contribution in [1.29, 1.82) is 0 Å². The highest BCUT2D eigenvalue weighted by Crippen LogP contribution is 2.17. The number of anilines is 2. The summed E-state index contributed by atoms with van der Waals surface area (Å²) in [7, 11) is 0. The lowest BCUT2D eigenvalue weighted by molar-refractivity contribution is 1.13. The molecule has 0 bridgehead atoms. The Morgan fingerprint density at radius 1 is 0.941 bits per heavy atom. The molecule has 0 amide bonds. The molecule has 3 aromatic rings. The molecule has 4 nitrogen and oxygen atoms in total. The maximum atomic E-state index is 4.28. The van der Waals surface area contributed by atoms with E-state index in [2.05, 4.69) is 15.3 Å². The Morgan fingerprint density at radius 3 is 2.41 bits per heavy atom. The van der Waals surface area contributed by atoms with Gasteiger partial charge in [-0.15, -0.1) is 0 Å². The van der Waals surface area contributed by atoms with E-state index in [1.54, 1.807) is 12.4 Å². The van der Waals surface area contributed by atoms with Gasteiger partial charge >= 0.3 is 0 Å². The van der Waals surface area contributed by atoms with Crippen molar-refractivity contribution in [2.45, 2.75) is 7.43 Å². The number of imidazole rings is 1. The first-order valence-corrected chi connectivity index (χ1v) is 5.03. The average molecular weight is 226 g/mol. The van der Waals surface area contributed by atoms with Crippen LogP contribution in [0.2, 0.25) is 0 Å². The lowest BCUT2D eigenvalue weighted by Crippen LogP contribution is -1.97. The molecule has 0 unspecified atom stereocenters. The zero-order chi connectivity index (χ0) is 10.8. The van der Waals surface area contributed by atoms with Crippen molar-refractivity contribution in [3.8, 4) is 0 Å². The van der Waals surface area contributed by atoms with E-state index in [0.717, 1.165) is 17.2 Å². The minimum absolute atomic E-state index is 0. The number of para-hydroxylation sites is 1. The van der Waals surface area contributed by atoms with E-state index in [1.165, 1.54) is 0 Å². The van der Waals surface area contributed by atoms with Crippen LogP contribution >= 0.6 is 0 Å². The second-order valence-electron chi connectivity index (χ2n) is 3.42. The van der Waals surface area contributed by atoms with Crippen molar-refractivity contribution in [2.75, 3.05) is 5.32 Å². The molecule has 0 fully saturated rings. The van der Waals surface area contributed by atoms with Crippen LogP contribution in [0.3, 0.4) is 0 Å². The summed E-state index contributed by atoms with van der Waals surface area (Å²) in [6.45, 7) is 0. The van der Waals surface area contributed by atoms with Crippen molar-refractivity contribution in [3.05, 3.63) is 55.1 Å². The number of fused-ring (bicyclic) bond motifs is 1. The van der Waals surface area contributed by atoms with Crippen LogP contribution in [0, 0.1) is 0 Å². The molecule has 0 aliphatic heterocycles. The smallest absolute Gasteiger partial charge is 0.180 e. The van der Waals surface area contributed by atoms with E-state index in [-0.39, 0.29) is 7.43 Å². The summed E-state index contributed by atoms with van der Waals surface area (Å²) < 4.78 is 1.93. The zero-order valence-electron chi connectivity index (χ0n) is 8.54. The molecule has 4 heteroatoms. The third kappa shape index (κ3) is 2.10. The number of hydrogen-bond donors (Lipinski definition) is 1. The Bertz CT molecular complexity index is 601. The summed E-state index contributed by atoms with van der Waals surface area (Å²) in [5.74, 6) is 0.763. The van der Waals surface area contributed by atoms with E-state index in [4.69, 9.17) is 0 Å². The summed E-state index contributed by atoms with van der Waals surface area (Å²) in [5, 5.41) is 3.24. The Labute approximate surface area is 100.0 Å². The van der Waals surface area contributed by atoms with Crippen molar-refractivity contribution in [1.82, 2.24) is 14.4 Å². The van der Waals surface area contributed by atoms with Crippen molar-refractivity contribution < 1.29 is 0 Å². The van der Waals surface area contributed by atoms with Gasteiger partial charge in [0.05, 0.1) is 0 Å². The van der Waals surface area contributed by atoms with Crippen LogP contribution in [0.5, 0.6) is 0 Å². The lowest BCUT2D eigenvalue weighted by Gasteiger charge is -2.05. The van der Waals surface area contributed by atoms with Gasteiger partial charge in [0.15, 0.2) is 11.5 Å². The van der Waals surface area contributed by atoms with Gasteiger partial charge in [0.2, 0.25) is 0 Å². The molecular formula is C13H14N4. The highest BCUT2D eigenvalue weighted by molar-refractivity contribution is 5.69. The fourth-order valence-electron chi connectivity index (χ4n) is 1.60. The summed E-state index contributed by atoms with van der Waals surface area (Å²) in [6, 6.07) is 9.93. The Morgan fingerprint density at radius 2 is 1.65 bits per heavy atom. The number of rotatable bonds is 2. The van der Waals surface area contributed by atoms with Crippen molar-refractivity contribution in [3.63, 3.8) is 0 Å². The van der Waals surface area contributed by atoms with Crippen molar-refractivity contribution in [2.24, 2.45) is 0 Å². The zero-order valence-corrected chi connectivity index (χ0v) is 8.54. The molecule has 0 aliphatic carbocycles.